The molecule has 3 unspecified atom stereocenters. The molecule has 3 heteroatoms. The number of rotatable bonds is 5. The summed E-state index contributed by atoms with van der Waals surface area (Å²) >= 11 is 2.11. The fourth-order valence-corrected chi connectivity index (χ4v) is 3.44. The van der Waals surface area contributed by atoms with Crippen molar-refractivity contribution in [2.75, 3.05) is 5.75 Å². The van der Waals surface area contributed by atoms with E-state index in [0.29, 0.717) is 6.04 Å². The van der Waals surface area contributed by atoms with E-state index >= 15 is 0 Å². The van der Waals surface area contributed by atoms with Gasteiger partial charge in [0.15, 0.2) is 0 Å². The van der Waals surface area contributed by atoms with E-state index in [1.165, 1.54) is 37.9 Å². The van der Waals surface area contributed by atoms with Crippen molar-refractivity contribution < 1.29 is 0 Å². The van der Waals surface area contributed by atoms with Gasteiger partial charge in [-0.25, -0.2) is 0 Å². The molecule has 0 aromatic carbocycles. The Morgan fingerprint density at radius 1 is 1.50 bits per heavy atom. The molecule has 84 valence electrons. The van der Waals surface area contributed by atoms with Gasteiger partial charge in [-0.2, -0.15) is 11.8 Å². The minimum Gasteiger partial charge on any atom is -0.271 e. The highest BCUT2D eigenvalue weighted by molar-refractivity contribution is 8.00. The van der Waals surface area contributed by atoms with Crippen molar-refractivity contribution in [2.24, 2.45) is 11.8 Å². The fraction of sp³-hybridized carbons (Fsp3) is 1.00. The molecule has 14 heavy (non-hydrogen) atoms. The average molecular weight is 216 g/mol. The van der Waals surface area contributed by atoms with Crippen LogP contribution in [0.15, 0.2) is 0 Å². The maximum absolute atomic E-state index is 5.64. The standard InChI is InChI=1S/C11H24N2S/c1-3-9(2)8-10(13-12)11-6-4-5-7-14-11/h9-11,13H,3-8,12H2,1-2H3. The van der Waals surface area contributed by atoms with Gasteiger partial charge < -0.3 is 0 Å². The second kappa shape index (κ2) is 6.70. The van der Waals surface area contributed by atoms with Crippen molar-refractivity contribution in [3.05, 3.63) is 0 Å². The van der Waals surface area contributed by atoms with Crippen molar-refractivity contribution in [1.29, 1.82) is 0 Å². The molecule has 0 aliphatic carbocycles. The highest BCUT2D eigenvalue weighted by Gasteiger charge is 2.24. The van der Waals surface area contributed by atoms with Gasteiger partial charge in [0.2, 0.25) is 0 Å². The van der Waals surface area contributed by atoms with Crippen molar-refractivity contribution >= 4 is 11.8 Å². The number of nitrogens with two attached hydrogens (primary N) is 1. The Bertz CT molecular complexity index is 146. The highest BCUT2D eigenvalue weighted by atomic mass is 32.2. The summed E-state index contributed by atoms with van der Waals surface area (Å²) in [5.41, 5.74) is 3.02. The molecule has 3 N–H and O–H groups in total. The Kier molecular flexibility index (Phi) is 5.90. The number of hydrogen-bond donors (Lipinski definition) is 2. The summed E-state index contributed by atoms with van der Waals surface area (Å²) in [6.45, 7) is 4.57. The van der Waals surface area contributed by atoms with E-state index < -0.39 is 0 Å². The van der Waals surface area contributed by atoms with Crippen molar-refractivity contribution in [1.82, 2.24) is 5.43 Å². The minimum atomic E-state index is 0.523. The smallest absolute Gasteiger partial charge is 0.0331 e. The van der Waals surface area contributed by atoms with E-state index in [4.69, 9.17) is 5.84 Å². The molecular formula is C11H24N2S. The first-order valence-corrected chi connectivity index (χ1v) is 6.90. The number of nitrogens with one attached hydrogen (secondary N) is 1. The molecule has 0 aromatic rings. The molecule has 0 aromatic heterocycles. The predicted octanol–water partition coefficient (Wildman–Crippen LogP) is 2.54. The van der Waals surface area contributed by atoms with E-state index in [1.807, 2.05) is 0 Å². The molecule has 1 saturated heterocycles. The zero-order valence-corrected chi connectivity index (χ0v) is 10.3. The number of hydrogen-bond acceptors (Lipinski definition) is 3. The van der Waals surface area contributed by atoms with Crippen LogP contribution >= 0.6 is 11.8 Å². The van der Waals surface area contributed by atoms with Gasteiger partial charge in [-0.05, 0) is 30.9 Å². The monoisotopic (exact) mass is 216 g/mol. The minimum absolute atomic E-state index is 0.523. The Balaban J connectivity index is 2.35. The van der Waals surface area contributed by atoms with Crippen LogP contribution < -0.4 is 11.3 Å². The second-order valence-corrected chi connectivity index (χ2v) is 5.77. The molecule has 2 nitrogen and oxygen atoms in total. The molecule has 3 atom stereocenters. The predicted molar refractivity (Wildman–Crippen MR) is 65.3 cm³/mol. The maximum atomic E-state index is 5.64. The summed E-state index contributed by atoms with van der Waals surface area (Å²) in [6.07, 6.45) is 6.61. The molecule has 0 spiro atoms. The lowest BCUT2D eigenvalue weighted by molar-refractivity contribution is 0.376. The Hall–Kier alpha value is 0.270. The summed E-state index contributed by atoms with van der Waals surface area (Å²) in [6, 6.07) is 0.523. The van der Waals surface area contributed by atoms with Crippen LogP contribution in [0.2, 0.25) is 0 Å². The summed E-state index contributed by atoms with van der Waals surface area (Å²) in [5, 5.41) is 0.753. The topological polar surface area (TPSA) is 38.0 Å². The van der Waals surface area contributed by atoms with Crippen molar-refractivity contribution in [3.63, 3.8) is 0 Å². The summed E-state index contributed by atoms with van der Waals surface area (Å²) in [4.78, 5) is 0. The van der Waals surface area contributed by atoms with E-state index in [0.717, 1.165) is 11.2 Å². The Morgan fingerprint density at radius 3 is 2.79 bits per heavy atom. The van der Waals surface area contributed by atoms with Crippen molar-refractivity contribution in [3.8, 4) is 0 Å². The van der Waals surface area contributed by atoms with Crippen LogP contribution in [0.3, 0.4) is 0 Å². The molecular weight excluding hydrogens is 192 g/mol. The molecule has 0 bridgehead atoms. The van der Waals surface area contributed by atoms with Gasteiger partial charge in [-0.3, -0.25) is 11.3 Å². The van der Waals surface area contributed by atoms with Gasteiger partial charge in [0.1, 0.15) is 0 Å². The quantitative estimate of drug-likeness (QED) is 0.548. The molecule has 1 aliphatic rings. The molecule has 1 fully saturated rings. The Labute approximate surface area is 92.4 Å². The maximum Gasteiger partial charge on any atom is 0.0331 e. The van der Waals surface area contributed by atoms with Crippen LogP contribution in [-0.2, 0) is 0 Å². The lowest BCUT2D eigenvalue weighted by Gasteiger charge is -2.30. The van der Waals surface area contributed by atoms with E-state index in [1.54, 1.807) is 0 Å². The van der Waals surface area contributed by atoms with E-state index in [9.17, 15) is 0 Å². The van der Waals surface area contributed by atoms with Gasteiger partial charge in [0.05, 0.1) is 0 Å². The highest BCUT2D eigenvalue weighted by Crippen LogP contribution is 2.30. The first kappa shape index (κ1) is 12.3. The lowest BCUT2D eigenvalue weighted by atomic mass is 9.95. The van der Waals surface area contributed by atoms with Crippen LogP contribution in [0.4, 0.5) is 0 Å². The number of hydrazine groups is 1. The summed E-state index contributed by atoms with van der Waals surface area (Å²) in [7, 11) is 0. The van der Waals surface area contributed by atoms with E-state index in [-0.39, 0.29) is 0 Å². The third kappa shape index (κ3) is 3.79. The lowest BCUT2D eigenvalue weighted by Crippen LogP contribution is -2.44. The fourth-order valence-electron chi connectivity index (χ4n) is 2.01. The number of thioether (sulfide) groups is 1. The third-order valence-corrected chi connectivity index (χ3v) is 4.75. The molecule has 0 radical (unpaired) electrons. The molecule has 1 rings (SSSR count). The SMILES string of the molecule is CCC(C)CC(NN)C1CCCCS1. The van der Waals surface area contributed by atoms with Crippen LogP contribution in [0.25, 0.3) is 0 Å². The van der Waals surface area contributed by atoms with Crippen LogP contribution in [0.5, 0.6) is 0 Å². The zero-order valence-electron chi connectivity index (χ0n) is 9.46. The van der Waals surface area contributed by atoms with E-state index in [2.05, 4.69) is 31.0 Å². The third-order valence-electron chi connectivity index (χ3n) is 3.23. The first-order chi connectivity index (χ1) is 6.77. The molecule has 0 saturated carbocycles. The molecule has 1 heterocycles. The van der Waals surface area contributed by atoms with Crippen LogP contribution in [0.1, 0.15) is 46.0 Å². The first-order valence-electron chi connectivity index (χ1n) is 5.85. The van der Waals surface area contributed by atoms with Gasteiger partial charge in [-0.1, -0.05) is 26.7 Å². The summed E-state index contributed by atoms with van der Waals surface area (Å²) < 4.78 is 0. The van der Waals surface area contributed by atoms with Crippen molar-refractivity contribution in [2.45, 2.75) is 57.2 Å². The van der Waals surface area contributed by atoms with Crippen LogP contribution in [-0.4, -0.2) is 17.0 Å². The Morgan fingerprint density at radius 2 is 2.29 bits per heavy atom. The van der Waals surface area contributed by atoms with Gasteiger partial charge in [0, 0.05) is 11.3 Å². The summed E-state index contributed by atoms with van der Waals surface area (Å²) in [5.74, 6) is 7.76. The normalized spacial score (nSPS) is 27.2. The van der Waals surface area contributed by atoms with Crippen LogP contribution in [0, 0.1) is 5.92 Å². The largest absolute Gasteiger partial charge is 0.271 e. The van der Waals surface area contributed by atoms with Gasteiger partial charge >= 0.3 is 0 Å². The van der Waals surface area contributed by atoms with Gasteiger partial charge in [-0.15, -0.1) is 0 Å². The second-order valence-electron chi connectivity index (χ2n) is 4.43. The average Bonchev–Trinajstić information content (AvgIpc) is 2.26. The zero-order chi connectivity index (χ0) is 10.4. The molecule has 1 aliphatic heterocycles. The van der Waals surface area contributed by atoms with Gasteiger partial charge in [0.25, 0.3) is 0 Å². The molecule has 0 amide bonds.